The molecule has 1 fully saturated rings. The van der Waals surface area contributed by atoms with Gasteiger partial charge in [-0.3, -0.25) is 4.79 Å². The second-order valence-corrected chi connectivity index (χ2v) is 5.05. The molecule has 1 aromatic rings. The van der Waals surface area contributed by atoms with E-state index in [1.54, 1.807) is 0 Å². The summed E-state index contributed by atoms with van der Waals surface area (Å²) in [5.74, 6) is -0.240. The Morgan fingerprint density at radius 3 is 2.95 bits per heavy atom. The Morgan fingerprint density at radius 1 is 1.58 bits per heavy atom. The lowest BCUT2D eigenvalue weighted by Gasteiger charge is -2.14. The number of nitrogens with zero attached hydrogens (tertiary/aromatic N) is 1. The van der Waals surface area contributed by atoms with Crippen molar-refractivity contribution in [3.05, 3.63) is 23.6 Å². The molecule has 1 atom stereocenters. The van der Waals surface area contributed by atoms with Crippen molar-refractivity contribution in [2.24, 2.45) is 5.92 Å². The largest absolute Gasteiger partial charge is 0.368 e. The lowest BCUT2D eigenvalue weighted by atomic mass is 10.1. The molecule has 0 radical (unpaired) electrons. The van der Waals surface area contributed by atoms with Gasteiger partial charge in [0.15, 0.2) is 11.6 Å². The number of carbonyl (C=O) groups excluding carboxylic acids is 1. The number of nitrogens with one attached hydrogen (secondary N) is 2. The molecule has 4 nitrogen and oxygen atoms in total. The maximum Gasteiger partial charge on any atom is 0.254 e. The summed E-state index contributed by atoms with van der Waals surface area (Å²) in [5, 5.41) is 5.73. The summed E-state index contributed by atoms with van der Waals surface area (Å²) >= 11 is 0. The van der Waals surface area contributed by atoms with E-state index >= 15 is 0 Å². The van der Waals surface area contributed by atoms with E-state index in [1.165, 1.54) is 12.3 Å². The van der Waals surface area contributed by atoms with Crippen LogP contribution < -0.4 is 10.6 Å². The maximum absolute atomic E-state index is 14.1. The van der Waals surface area contributed by atoms with E-state index in [0.29, 0.717) is 12.5 Å². The van der Waals surface area contributed by atoms with Crippen molar-refractivity contribution in [2.75, 3.05) is 11.9 Å². The summed E-state index contributed by atoms with van der Waals surface area (Å²) in [6.07, 6.45) is 4.61. The summed E-state index contributed by atoms with van der Waals surface area (Å²) < 4.78 is 14.1. The Kier molecular flexibility index (Phi) is 4.35. The van der Waals surface area contributed by atoms with Crippen LogP contribution in [0.3, 0.4) is 0 Å². The number of pyridine rings is 1. The van der Waals surface area contributed by atoms with Gasteiger partial charge in [0, 0.05) is 18.8 Å². The third kappa shape index (κ3) is 3.43. The molecule has 0 bridgehead atoms. The fourth-order valence-corrected chi connectivity index (χ4v) is 1.98. The quantitative estimate of drug-likeness (QED) is 0.831. The van der Waals surface area contributed by atoms with E-state index in [2.05, 4.69) is 15.6 Å². The molecular formula is C14H20FN3O. The Labute approximate surface area is 112 Å². The molecule has 1 unspecified atom stereocenters. The highest BCUT2D eigenvalue weighted by atomic mass is 19.1. The highest BCUT2D eigenvalue weighted by Gasteiger charge is 2.29. The summed E-state index contributed by atoms with van der Waals surface area (Å²) in [7, 11) is 0. The van der Waals surface area contributed by atoms with Crippen molar-refractivity contribution < 1.29 is 9.18 Å². The van der Waals surface area contributed by atoms with Crippen LogP contribution in [0.15, 0.2) is 12.3 Å². The standard InChI is InChI=1S/C14H20FN3O/c1-3-7-16-13-12(15)11(6-8-17-13)14(19)18-9(2)10-4-5-10/h6,8-10H,3-5,7H2,1-2H3,(H,16,17)(H,18,19). The number of carbonyl (C=O) groups is 1. The molecule has 5 heteroatoms. The van der Waals surface area contributed by atoms with Gasteiger partial charge in [0.2, 0.25) is 0 Å². The smallest absolute Gasteiger partial charge is 0.254 e. The van der Waals surface area contributed by atoms with E-state index in [1.807, 2.05) is 13.8 Å². The van der Waals surface area contributed by atoms with Crippen molar-refractivity contribution in [1.82, 2.24) is 10.3 Å². The third-order valence-corrected chi connectivity index (χ3v) is 3.36. The summed E-state index contributed by atoms with van der Waals surface area (Å²) in [6.45, 7) is 4.58. The van der Waals surface area contributed by atoms with Crippen LogP contribution in [-0.4, -0.2) is 23.5 Å². The molecule has 1 aliphatic carbocycles. The fourth-order valence-electron chi connectivity index (χ4n) is 1.98. The number of amides is 1. The molecule has 0 spiro atoms. The molecule has 0 aliphatic heterocycles. The number of rotatable bonds is 6. The molecule has 104 valence electrons. The van der Waals surface area contributed by atoms with Gasteiger partial charge in [0.05, 0.1) is 5.56 Å². The van der Waals surface area contributed by atoms with Crippen LogP contribution in [-0.2, 0) is 0 Å². The van der Waals surface area contributed by atoms with Crippen molar-refractivity contribution in [1.29, 1.82) is 0 Å². The second kappa shape index (κ2) is 5.99. The predicted octanol–water partition coefficient (Wildman–Crippen LogP) is 2.57. The summed E-state index contributed by atoms with van der Waals surface area (Å²) in [4.78, 5) is 15.9. The van der Waals surface area contributed by atoms with Gasteiger partial charge in [-0.1, -0.05) is 6.92 Å². The first-order chi connectivity index (χ1) is 9.13. The highest BCUT2D eigenvalue weighted by molar-refractivity contribution is 5.95. The SMILES string of the molecule is CCCNc1nccc(C(=O)NC(C)C2CC2)c1F. The maximum atomic E-state index is 14.1. The second-order valence-electron chi connectivity index (χ2n) is 5.05. The number of aromatic nitrogens is 1. The normalized spacial score (nSPS) is 15.9. The minimum atomic E-state index is -0.573. The molecule has 2 rings (SSSR count). The van der Waals surface area contributed by atoms with Gasteiger partial charge < -0.3 is 10.6 Å². The first kappa shape index (κ1) is 13.8. The van der Waals surface area contributed by atoms with Crippen molar-refractivity contribution in [3.8, 4) is 0 Å². The zero-order valence-electron chi connectivity index (χ0n) is 11.4. The molecule has 2 N–H and O–H groups in total. The van der Waals surface area contributed by atoms with Gasteiger partial charge >= 0.3 is 0 Å². The van der Waals surface area contributed by atoms with Gasteiger partial charge in [0.1, 0.15) is 0 Å². The monoisotopic (exact) mass is 265 g/mol. The zero-order valence-corrected chi connectivity index (χ0v) is 11.4. The molecule has 0 aromatic carbocycles. The van der Waals surface area contributed by atoms with Gasteiger partial charge in [-0.25, -0.2) is 9.37 Å². The van der Waals surface area contributed by atoms with Crippen LogP contribution in [0.5, 0.6) is 0 Å². The number of halogens is 1. The van der Waals surface area contributed by atoms with Crippen LogP contribution in [0.1, 0.15) is 43.5 Å². The Balaban J connectivity index is 2.07. The summed E-state index contributed by atoms with van der Waals surface area (Å²) in [6, 6.07) is 1.52. The average Bonchev–Trinajstić information content (AvgIpc) is 3.21. The van der Waals surface area contributed by atoms with Crippen LogP contribution in [0.25, 0.3) is 0 Å². The Hall–Kier alpha value is -1.65. The van der Waals surface area contributed by atoms with Crippen LogP contribution in [0, 0.1) is 11.7 Å². The molecule has 1 amide bonds. The lowest BCUT2D eigenvalue weighted by molar-refractivity contribution is 0.0931. The highest BCUT2D eigenvalue weighted by Crippen LogP contribution is 2.32. The number of hydrogen-bond donors (Lipinski definition) is 2. The first-order valence-electron chi connectivity index (χ1n) is 6.82. The van der Waals surface area contributed by atoms with E-state index in [9.17, 15) is 9.18 Å². The molecule has 19 heavy (non-hydrogen) atoms. The van der Waals surface area contributed by atoms with Crippen LogP contribution in [0.4, 0.5) is 10.2 Å². The minimum Gasteiger partial charge on any atom is -0.368 e. The first-order valence-corrected chi connectivity index (χ1v) is 6.82. The van der Waals surface area contributed by atoms with Gasteiger partial charge in [0.25, 0.3) is 5.91 Å². The molecule has 1 heterocycles. The zero-order chi connectivity index (χ0) is 13.8. The topological polar surface area (TPSA) is 54.0 Å². The van der Waals surface area contributed by atoms with Gasteiger partial charge in [-0.15, -0.1) is 0 Å². The van der Waals surface area contributed by atoms with Crippen LogP contribution >= 0.6 is 0 Å². The van der Waals surface area contributed by atoms with Gasteiger partial charge in [-0.2, -0.15) is 0 Å². The number of hydrogen-bond acceptors (Lipinski definition) is 3. The van der Waals surface area contributed by atoms with Crippen molar-refractivity contribution in [3.63, 3.8) is 0 Å². The minimum absolute atomic E-state index is 0.0566. The molecule has 1 aromatic heterocycles. The lowest BCUT2D eigenvalue weighted by Crippen LogP contribution is -2.34. The van der Waals surface area contributed by atoms with Crippen molar-refractivity contribution >= 4 is 11.7 Å². The van der Waals surface area contributed by atoms with E-state index in [4.69, 9.17) is 0 Å². The van der Waals surface area contributed by atoms with E-state index in [-0.39, 0.29) is 23.3 Å². The summed E-state index contributed by atoms with van der Waals surface area (Å²) in [5.41, 5.74) is 0.0566. The van der Waals surface area contributed by atoms with Gasteiger partial charge in [-0.05, 0) is 38.2 Å². The Bertz CT molecular complexity index is 460. The molecule has 0 saturated heterocycles. The molecule has 1 aliphatic rings. The number of anilines is 1. The Morgan fingerprint density at radius 2 is 2.32 bits per heavy atom. The molecular weight excluding hydrogens is 245 g/mol. The molecule has 1 saturated carbocycles. The fraction of sp³-hybridized carbons (Fsp3) is 0.571. The van der Waals surface area contributed by atoms with E-state index in [0.717, 1.165) is 19.3 Å². The van der Waals surface area contributed by atoms with Crippen LogP contribution in [0.2, 0.25) is 0 Å². The van der Waals surface area contributed by atoms with E-state index < -0.39 is 5.82 Å². The average molecular weight is 265 g/mol. The van der Waals surface area contributed by atoms with Crippen molar-refractivity contribution in [2.45, 2.75) is 39.2 Å². The predicted molar refractivity (Wildman–Crippen MR) is 72.6 cm³/mol. The third-order valence-electron chi connectivity index (χ3n) is 3.36.